The average Bonchev–Trinajstić information content (AvgIpc) is 2.28. The molecule has 0 fully saturated rings. The zero-order valence-corrected chi connectivity index (χ0v) is 11.6. The molecule has 1 N–H and O–H groups in total. The Hall–Kier alpha value is -0.220. The van der Waals surface area contributed by atoms with Crippen LogP contribution in [0.15, 0.2) is 0 Å². The second kappa shape index (κ2) is 9.97. The summed E-state index contributed by atoms with van der Waals surface area (Å²) in [6.07, 6.45) is 2.03. The Kier molecular flexibility index (Phi) is 9.83. The Bertz CT molecular complexity index is 182. The van der Waals surface area contributed by atoms with Gasteiger partial charge in [0.2, 0.25) is 5.91 Å². The third-order valence-electron chi connectivity index (χ3n) is 2.28. The number of thioether (sulfide) groups is 1. The van der Waals surface area contributed by atoms with Crippen LogP contribution in [-0.2, 0) is 4.79 Å². The van der Waals surface area contributed by atoms with Crippen LogP contribution in [0.4, 0.5) is 0 Å². The minimum atomic E-state index is 0.203. The molecule has 0 aliphatic rings. The van der Waals surface area contributed by atoms with E-state index in [1.54, 1.807) is 11.8 Å². The number of aliphatic hydroxyl groups is 1. The van der Waals surface area contributed by atoms with E-state index >= 15 is 0 Å². The Labute approximate surface area is 104 Å². The summed E-state index contributed by atoms with van der Waals surface area (Å²) in [5.74, 6) is 1.92. The molecule has 16 heavy (non-hydrogen) atoms. The second-order valence-corrected chi connectivity index (χ2v) is 5.21. The van der Waals surface area contributed by atoms with Gasteiger partial charge in [0.1, 0.15) is 0 Å². The molecule has 0 aromatic carbocycles. The molecule has 3 nitrogen and oxygen atoms in total. The van der Waals surface area contributed by atoms with Crippen molar-refractivity contribution in [2.45, 2.75) is 33.6 Å². The highest BCUT2D eigenvalue weighted by Crippen LogP contribution is 2.09. The van der Waals surface area contributed by atoms with E-state index in [4.69, 9.17) is 5.11 Å². The number of nitrogens with zero attached hydrogens (tertiary/aromatic N) is 1. The van der Waals surface area contributed by atoms with Gasteiger partial charge < -0.3 is 10.0 Å². The lowest BCUT2D eigenvalue weighted by Gasteiger charge is -2.21. The number of hydrogen-bond acceptors (Lipinski definition) is 3. The van der Waals surface area contributed by atoms with E-state index < -0.39 is 0 Å². The summed E-state index contributed by atoms with van der Waals surface area (Å²) in [6, 6.07) is 0. The first-order valence-corrected chi connectivity index (χ1v) is 7.27. The summed E-state index contributed by atoms with van der Waals surface area (Å²) in [5.41, 5.74) is 0. The van der Waals surface area contributed by atoms with E-state index in [2.05, 4.69) is 13.8 Å². The lowest BCUT2D eigenvalue weighted by atomic mass is 10.2. The predicted octanol–water partition coefficient (Wildman–Crippen LogP) is 2.00. The van der Waals surface area contributed by atoms with Gasteiger partial charge >= 0.3 is 0 Å². The number of carbonyl (C=O) groups is 1. The third-order valence-corrected chi connectivity index (χ3v) is 3.54. The summed E-state index contributed by atoms with van der Waals surface area (Å²) in [4.78, 5) is 13.8. The van der Waals surface area contributed by atoms with Gasteiger partial charge in [0.15, 0.2) is 0 Å². The monoisotopic (exact) mass is 247 g/mol. The van der Waals surface area contributed by atoms with Crippen molar-refractivity contribution in [3.8, 4) is 0 Å². The summed E-state index contributed by atoms with van der Waals surface area (Å²) in [7, 11) is 0. The molecule has 1 unspecified atom stereocenters. The van der Waals surface area contributed by atoms with Gasteiger partial charge in [-0.3, -0.25) is 4.79 Å². The van der Waals surface area contributed by atoms with Gasteiger partial charge in [-0.25, -0.2) is 0 Å². The summed E-state index contributed by atoms with van der Waals surface area (Å²) < 4.78 is 0. The van der Waals surface area contributed by atoms with Crippen LogP contribution in [0, 0.1) is 5.92 Å². The molecule has 96 valence electrons. The maximum absolute atomic E-state index is 11.8. The van der Waals surface area contributed by atoms with Gasteiger partial charge in [-0.15, -0.1) is 0 Å². The molecule has 0 spiro atoms. The molecular weight excluding hydrogens is 222 g/mol. The van der Waals surface area contributed by atoms with E-state index in [0.29, 0.717) is 5.75 Å². The largest absolute Gasteiger partial charge is 0.396 e. The molecular formula is C12H25NO2S. The molecule has 0 aliphatic heterocycles. The van der Waals surface area contributed by atoms with Crippen molar-refractivity contribution in [3.63, 3.8) is 0 Å². The molecule has 0 aliphatic carbocycles. The van der Waals surface area contributed by atoms with Gasteiger partial charge in [0, 0.05) is 19.7 Å². The maximum Gasteiger partial charge on any atom is 0.232 e. The molecule has 0 rings (SSSR count). The highest BCUT2D eigenvalue weighted by atomic mass is 32.2. The SMILES string of the molecule is CCCN(CCC)C(=O)CSCC(C)CO. The molecule has 0 bridgehead atoms. The van der Waals surface area contributed by atoms with Crippen LogP contribution in [0.1, 0.15) is 33.6 Å². The molecule has 0 aromatic heterocycles. The maximum atomic E-state index is 11.8. The number of rotatable bonds is 9. The van der Waals surface area contributed by atoms with Crippen molar-refractivity contribution in [2.75, 3.05) is 31.2 Å². The number of hydrogen-bond donors (Lipinski definition) is 1. The quantitative estimate of drug-likeness (QED) is 0.677. The highest BCUT2D eigenvalue weighted by Gasteiger charge is 2.11. The van der Waals surface area contributed by atoms with Gasteiger partial charge in [-0.2, -0.15) is 11.8 Å². The predicted molar refractivity (Wildman–Crippen MR) is 70.7 cm³/mol. The van der Waals surface area contributed by atoms with Crippen molar-refractivity contribution < 1.29 is 9.90 Å². The minimum absolute atomic E-state index is 0.203. The number of amides is 1. The van der Waals surface area contributed by atoms with Crippen molar-refractivity contribution >= 4 is 17.7 Å². The Morgan fingerprint density at radius 2 is 1.88 bits per heavy atom. The van der Waals surface area contributed by atoms with Crippen LogP contribution in [0.3, 0.4) is 0 Å². The Morgan fingerprint density at radius 3 is 2.31 bits per heavy atom. The molecule has 1 atom stereocenters. The van der Waals surface area contributed by atoms with Crippen LogP contribution in [0.5, 0.6) is 0 Å². The van der Waals surface area contributed by atoms with E-state index in [1.807, 2.05) is 11.8 Å². The van der Waals surface area contributed by atoms with Crippen LogP contribution >= 0.6 is 11.8 Å². The van der Waals surface area contributed by atoms with Gasteiger partial charge in [0.05, 0.1) is 5.75 Å². The molecule has 1 amide bonds. The fourth-order valence-electron chi connectivity index (χ4n) is 1.39. The van der Waals surface area contributed by atoms with Crippen molar-refractivity contribution in [2.24, 2.45) is 5.92 Å². The van der Waals surface area contributed by atoms with E-state index in [1.165, 1.54) is 0 Å². The Balaban J connectivity index is 3.81. The molecule has 0 saturated carbocycles. The number of aliphatic hydroxyl groups excluding tert-OH is 1. The lowest BCUT2D eigenvalue weighted by Crippen LogP contribution is -2.34. The van der Waals surface area contributed by atoms with Gasteiger partial charge in [-0.05, 0) is 24.5 Å². The fourth-order valence-corrected chi connectivity index (χ4v) is 2.38. The zero-order chi connectivity index (χ0) is 12.4. The van der Waals surface area contributed by atoms with Gasteiger partial charge in [0.25, 0.3) is 0 Å². The summed E-state index contributed by atoms with van der Waals surface area (Å²) in [5, 5.41) is 8.87. The molecule has 0 heterocycles. The summed E-state index contributed by atoms with van der Waals surface area (Å²) in [6.45, 7) is 8.11. The molecule has 4 heteroatoms. The first-order valence-electron chi connectivity index (χ1n) is 6.12. The first kappa shape index (κ1) is 15.8. The van der Waals surface area contributed by atoms with Gasteiger partial charge in [-0.1, -0.05) is 20.8 Å². The van der Waals surface area contributed by atoms with Crippen LogP contribution in [0.2, 0.25) is 0 Å². The average molecular weight is 247 g/mol. The highest BCUT2D eigenvalue weighted by molar-refractivity contribution is 7.99. The van der Waals surface area contributed by atoms with Crippen LogP contribution in [0.25, 0.3) is 0 Å². The van der Waals surface area contributed by atoms with E-state index in [0.717, 1.165) is 31.7 Å². The minimum Gasteiger partial charge on any atom is -0.396 e. The van der Waals surface area contributed by atoms with Crippen LogP contribution in [-0.4, -0.2) is 47.1 Å². The zero-order valence-electron chi connectivity index (χ0n) is 10.7. The lowest BCUT2D eigenvalue weighted by molar-refractivity contribution is -0.128. The normalized spacial score (nSPS) is 12.5. The fraction of sp³-hybridized carbons (Fsp3) is 0.917. The third kappa shape index (κ3) is 7.12. The molecule has 0 radical (unpaired) electrons. The first-order chi connectivity index (χ1) is 7.65. The van der Waals surface area contributed by atoms with Crippen molar-refractivity contribution in [3.05, 3.63) is 0 Å². The van der Waals surface area contributed by atoms with Crippen LogP contribution < -0.4 is 0 Å². The topological polar surface area (TPSA) is 40.5 Å². The summed E-state index contributed by atoms with van der Waals surface area (Å²) >= 11 is 1.62. The molecule has 0 saturated heterocycles. The second-order valence-electron chi connectivity index (χ2n) is 4.18. The number of carbonyl (C=O) groups excluding carboxylic acids is 1. The smallest absolute Gasteiger partial charge is 0.232 e. The standard InChI is InChI=1S/C12H25NO2S/c1-4-6-13(7-5-2)12(15)10-16-9-11(3)8-14/h11,14H,4-10H2,1-3H3. The van der Waals surface area contributed by atoms with Crippen molar-refractivity contribution in [1.82, 2.24) is 4.90 Å². The van der Waals surface area contributed by atoms with Crippen molar-refractivity contribution in [1.29, 1.82) is 0 Å². The van der Waals surface area contributed by atoms with E-state index in [9.17, 15) is 4.79 Å². The Morgan fingerprint density at radius 1 is 1.31 bits per heavy atom. The van der Waals surface area contributed by atoms with E-state index in [-0.39, 0.29) is 18.4 Å². The molecule has 0 aromatic rings.